The summed E-state index contributed by atoms with van der Waals surface area (Å²) in [4.78, 5) is 29.6. The number of hydrogen-bond donors (Lipinski definition) is 5. The Morgan fingerprint density at radius 1 is 1.17 bits per heavy atom. The number of carbonyl (C=O) groups is 2. The Morgan fingerprint density at radius 3 is 2.69 bits per heavy atom. The van der Waals surface area contributed by atoms with Gasteiger partial charge in [-0.1, -0.05) is 12.1 Å². The number of halogens is 1. The van der Waals surface area contributed by atoms with E-state index in [0.717, 1.165) is 5.56 Å². The van der Waals surface area contributed by atoms with Crippen LogP contribution in [0.5, 0.6) is 0 Å². The van der Waals surface area contributed by atoms with Crippen LogP contribution in [0.25, 0.3) is 16.6 Å². The molecule has 4 rings (SSSR count). The Balaban J connectivity index is 1.59. The van der Waals surface area contributed by atoms with Gasteiger partial charge in [0.15, 0.2) is 5.82 Å². The van der Waals surface area contributed by atoms with Crippen LogP contribution in [0.15, 0.2) is 55.1 Å². The maximum Gasteiger partial charge on any atom is 0.411 e. The number of nitrogens with one attached hydrogen (secondary N) is 3. The molecule has 1 aromatic carbocycles. The van der Waals surface area contributed by atoms with E-state index in [9.17, 15) is 14.1 Å². The van der Waals surface area contributed by atoms with Crippen molar-refractivity contribution in [2.45, 2.75) is 13.3 Å². The van der Waals surface area contributed by atoms with Gasteiger partial charge in [0, 0.05) is 34.5 Å². The number of nitrogens with two attached hydrogens (primary N) is 2. The molecule has 3 heterocycles. The minimum Gasteiger partial charge on any atom is -0.382 e. The second-order valence-electron chi connectivity index (χ2n) is 7.81. The summed E-state index contributed by atoms with van der Waals surface area (Å²) in [6, 6.07) is 9.27. The van der Waals surface area contributed by atoms with E-state index in [0.29, 0.717) is 52.2 Å². The number of anilines is 3. The normalized spacial score (nSPS) is 10.8. The van der Waals surface area contributed by atoms with Gasteiger partial charge in [-0.25, -0.2) is 14.3 Å². The minimum atomic E-state index is -0.610. The Kier molecular flexibility index (Phi) is 6.83. The molecule has 0 spiro atoms. The van der Waals surface area contributed by atoms with Gasteiger partial charge in [-0.2, -0.15) is 10.4 Å². The molecule has 12 heteroatoms. The van der Waals surface area contributed by atoms with Gasteiger partial charge in [-0.05, 0) is 54.0 Å². The molecule has 0 unspecified atom stereocenters. The lowest BCUT2D eigenvalue weighted by molar-refractivity contribution is -0.831. The molecule has 3 amide bonds. The molecule has 0 aliphatic rings. The molecule has 0 atom stereocenters. The highest BCUT2D eigenvalue weighted by Crippen LogP contribution is 2.33. The zero-order valence-corrected chi connectivity index (χ0v) is 19.0. The molecule has 0 saturated carbocycles. The number of rotatable bonds is 7. The van der Waals surface area contributed by atoms with Crippen LogP contribution < -0.4 is 32.2 Å². The lowest BCUT2D eigenvalue weighted by Crippen LogP contribution is -2.31. The molecular weight excluding hydrogens is 453 g/mol. The lowest BCUT2D eigenvalue weighted by Gasteiger charge is -2.09. The number of hydrogen-bond acceptors (Lipinski definition) is 6. The third kappa shape index (κ3) is 5.17. The summed E-state index contributed by atoms with van der Waals surface area (Å²) in [6.07, 6.45) is 4.75. The summed E-state index contributed by atoms with van der Waals surface area (Å²) in [5.41, 5.74) is 15.0. The number of carbonyl (C=O) groups excluding carboxylic acids is 2. The fourth-order valence-corrected chi connectivity index (χ4v) is 3.58. The van der Waals surface area contributed by atoms with Gasteiger partial charge in [-0.3, -0.25) is 10.1 Å². The molecule has 35 heavy (non-hydrogen) atoms. The molecule has 4 aromatic rings. The minimum absolute atomic E-state index is 0.000153. The van der Waals surface area contributed by atoms with Gasteiger partial charge >= 0.3 is 11.8 Å². The van der Waals surface area contributed by atoms with Crippen LogP contribution in [0.2, 0.25) is 0 Å². The topological polar surface area (TPSA) is 156 Å². The number of nitrogens with zero attached hydrogens (tertiary/aromatic N) is 4. The Bertz CT molecular complexity index is 1390. The van der Waals surface area contributed by atoms with E-state index >= 15 is 0 Å². The molecule has 11 nitrogen and oxygen atoms in total. The third-order valence-electron chi connectivity index (χ3n) is 5.25. The molecule has 7 N–H and O–H groups in total. The predicted molar refractivity (Wildman–Crippen MR) is 129 cm³/mol. The quantitative estimate of drug-likeness (QED) is 0.256. The number of pyridine rings is 1. The fourth-order valence-electron chi connectivity index (χ4n) is 3.58. The highest BCUT2D eigenvalue weighted by molar-refractivity contribution is 6.07. The molecule has 0 aliphatic carbocycles. The van der Waals surface area contributed by atoms with E-state index < -0.39 is 6.03 Å². The maximum absolute atomic E-state index is 13.9. The second kappa shape index (κ2) is 10.1. The molecule has 0 fully saturated rings. The van der Waals surface area contributed by atoms with Gasteiger partial charge in [0.05, 0.1) is 5.56 Å². The number of nitrogen functional groups attached to an aromatic ring is 1. The Labute approximate surface area is 199 Å². The highest BCUT2D eigenvalue weighted by Gasteiger charge is 2.22. The van der Waals surface area contributed by atoms with Crippen molar-refractivity contribution in [1.29, 1.82) is 0 Å². The first-order valence-electron chi connectivity index (χ1n) is 10.8. The number of benzene rings is 1. The van der Waals surface area contributed by atoms with Gasteiger partial charge in [0.25, 0.3) is 5.91 Å². The van der Waals surface area contributed by atoms with Crippen LogP contribution in [-0.4, -0.2) is 39.6 Å². The van der Waals surface area contributed by atoms with Crippen LogP contribution in [0, 0.1) is 6.92 Å². The van der Waals surface area contributed by atoms with E-state index in [1.165, 1.54) is 23.1 Å². The van der Waals surface area contributed by atoms with E-state index in [2.05, 4.69) is 26.0 Å². The standard InChI is InChI=1S/C23H24FN9O2/c1-14-7-10-32(24)18(11-14)31-23(35)30-16-5-3-15(4-6-16)19-17(22(34)27-9-2-8-25)12-33-20(19)21(26)28-13-29-33/h3-7,10-13H,2,8-9,25H2,1H3,(H4,26,27,28,29,30,34,35)/p+1. The van der Waals surface area contributed by atoms with Crippen LogP contribution in [0.1, 0.15) is 22.3 Å². The first-order valence-corrected chi connectivity index (χ1v) is 10.8. The summed E-state index contributed by atoms with van der Waals surface area (Å²) in [5, 5.41) is 12.1. The van der Waals surface area contributed by atoms with Crippen molar-refractivity contribution >= 4 is 34.8 Å². The highest BCUT2D eigenvalue weighted by atomic mass is 19.2. The summed E-state index contributed by atoms with van der Waals surface area (Å²) < 4.78 is 15.4. The van der Waals surface area contributed by atoms with Crippen LogP contribution in [0.3, 0.4) is 0 Å². The Hall–Kier alpha value is -4.58. The number of amides is 3. The smallest absolute Gasteiger partial charge is 0.382 e. The molecule has 0 saturated heterocycles. The molecular formula is C23H25FN9O2+. The Morgan fingerprint density at radius 2 is 1.94 bits per heavy atom. The first-order chi connectivity index (χ1) is 16.9. The zero-order valence-electron chi connectivity index (χ0n) is 19.0. The zero-order chi connectivity index (χ0) is 24.9. The monoisotopic (exact) mass is 478 g/mol. The summed E-state index contributed by atoms with van der Waals surface area (Å²) in [7, 11) is 0. The summed E-state index contributed by atoms with van der Waals surface area (Å²) >= 11 is 0. The number of aryl methyl sites for hydroxylation is 1. The van der Waals surface area contributed by atoms with E-state index in [1.54, 1.807) is 43.5 Å². The number of aromatic nitrogens is 4. The average Bonchev–Trinajstić information content (AvgIpc) is 3.23. The van der Waals surface area contributed by atoms with E-state index in [4.69, 9.17) is 11.5 Å². The van der Waals surface area contributed by atoms with Crippen molar-refractivity contribution in [3.8, 4) is 11.1 Å². The van der Waals surface area contributed by atoms with Gasteiger partial charge in [0.2, 0.25) is 0 Å². The molecule has 0 bridgehead atoms. The van der Waals surface area contributed by atoms with Crippen LogP contribution >= 0.6 is 0 Å². The first kappa shape index (κ1) is 23.6. The van der Waals surface area contributed by atoms with Crippen LogP contribution in [-0.2, 0) is 0 Å². The van der Waals surface area contributed by atoms with Crippen molar-refractivity contribution < 1.29 is 18.9 Å². The van der Waals surface area contributed by atoms with Gasteiger partial charge in [0.1, 0.15) is 18.0 Å². The predicted octanol–water partition coefficient (Wildman–Crippen LogP) is 2.03. The van der Waals surface area contributed by atoms with Crippen molar-refractivity contribution in [3.05, 3.63) is 66.2 Å². The third-order valence-corrected chi connectivity index (χ3v) is 5.25. The second-order valence-corrected chi connectivity index (χ2v) is 7.81. The van der Waals surface area contributed by atoms with Crippen molar-refractivity contribution in [2.75, 3.05) is 29.5 Å². The van der Waals surface area contributed by atoms with Crippen molar-refractivity contribution in [3.63, 3.8) is 0 Å². The largest absolute Gasteiger partial charge is 0.411 e. The number of urea groups is 1. The molecule has 0 radical (unpaired) electrons. The number of fused-ring (bicyclic) bond motifs is 1. The van der Waals surface area contributed by atoms with E-state index in [1.807, 2.05) is 0 Å². The van der Waals surface area contributed by atoms with Crippen molar-refractivity contribution in [2.24, 2.45) is 5.73 Å². The molecule has 3 aromatic heterocycles. The molecule has 0 aliphatic heterocycles. The summed E-state index contributed by atoms with van der Waals surface area (Å²) in [5.74, 6) is -0.0759. The average molecular weight is 479 g/mol. The lowest BCUT2D eigenvalue weighted by atomic mass is 10.0. The van der Waals surface area contributed by atoms with Gasteiger partial charge in [-0.15, -0.1) is 0 Å². The van der Waals surface area contributed by atoms with Gasteiger partial charge < -0.3 is 16.8 Å². The van der Waals surface area contributed by atoms with E-state index in [-0.39, 0.29) is 17.5 Å². The molecule has 180 valence electrons. The fraction of sp³-hybridized carbons (Fsp3) is 0.174. The van der Waals surface area contributed by atoms with Crippen molar-refractivity contribution in [1.82, 2.24) is 19.9 Å². The van der Waals surface area contributed by atoms with Crippen LogP contribution in [0.4, 0.5) is 26.6 Å². The maximum atomic E-state index is 13.9. The SMILES string of the molecule is Cc1cc[n+](F)c(NC(=O)Nc2ccc(-c3c(C(=O)NCCCN)cn4ncnc(N)c34)cc2)c1. The summed E-state index contributed by atoms with van der Waals surface area (Å²) in [6.45, 7) is 2.68.